The topological polar surface area (TPSA) is 45.3 Å². The maximum absolute atomic E-state index is 12.4. The summed E-state index contributed by atoms with van der Waals surface area (Å²) in [5, 5.41) is 1.12. The van der Waals surface area contributed by atoms with Gasteiger partial charge in [-0.1, -0.05) is 48.5 Å². The van der Waals surface area contributed by atoms with Crippen LogP contribution in [0.5, 0.6) is 5.75 Å². The third-order valence-corrected chi connectivity index (χ3v) is 7.61. The number of benzene rings is 3. The molecular weight excluding hydrogens is 440 g/mol. The van der Waals surface area contributed by atoms with Crippen LogP contribution in [-0.2, 0) is 5.75 Å². The van der Waals surface area contributed by atoms with Gasteiger partial charge in [0, 0.05) is 35.2 Å². The van der Waals surface area contributed by atoms with Gasteiger partial charge in [0.1, 0.15) is 5.75 Å². The highest BCUT2D eigenvalue weighted by Crippen LogP contribution is 2.29. The fraction of sp³-hybridized carbons (Fsp3) is 0.276. The summed E-state index contributed by atoms with van der Waals surface area (Å²) < 4.78 is 5.61. The lowest BCUT2D eigenvalue weighted by Crippen LogP contribution is -2.34. The van der Waals surface area contributed by atoms with Crippen molar-refractivity contribution in [3.63, 3.8) is 0 Å². The number of hydrogen-bond acceptors (Lipinski definition) is 4. The number of esters is 1. The first-order valence-corrected chi connectivity index (χ1v) is 13.1. The number of thioether (sulfide) groups is 1. The van der Waals surface area contributed by atoms with Crippen molar-refractivity contribution in [2.24, 2.45) is 0 Å². The average Bonchev–Trinajstić information content (AvgIpc) is 3.30. The summed E-state index contributed by atoms with van der Waals surface area (Å²) in [5.74, 6) is 3.01. The molecule has 1 aliphatic heterocycles. The van der Waals surface area contributed by atoms with E-state index in [1.165, 1.54) is 37.1 Å². The molecule has 0 spiro atoms. The van der Waals surface area contributed by atoms with E-state index in [-0.39, 0.29) is 5.97 Å². The van der Waals surface area contributed by atoms with Crippen molar-refractivity contribution in [3.05, 3.63) is 102 Å². The van der Waals surface area contributed by atoms with E-state index < -0.39 is 0 Å². The molecule has 0 amide bonds. The molecule has 174 valence electrons. The van der Waals surface area contributed by atoms with Crippen LogP contribution in [0.1, 0.15) is 40.2 Å². The van der Waals surface area contributed by atoms with Gasteiger partial charge in [-0.25, -0.2) is 4.79 Å². The minimum atomic E-state index is -0.331. The third kappa shape index (κ3) is 5.54. The van der Waals surface area contributed by atoms with Gasteiger partial charge in [-0.05, 0) is 73.3 Å². The van der Waals surface area contributed by atoms with E-state index >= 15 is 0 Å². The average molecular weight is 471 g/mol. The fourth-order valence-electron chi connectivity index (χ4n) is 4.67. The molecule has 1 aromatic heterocycles. The third-order valence-electron chi connectivity index (χ3n) is 6.63. The van der Waals surface area contributed by atoms with E-state index in [0.717, 1.165) is 29.0 Å². The molecule has 1 saturated heterocycles. The molecule has 1 fully saturated rings. The van der Waals surface area contributed by atoms with E-state index in [1.54, 1.807) is 12.1 Å². The van der Waals surface area contributed by atoms with Gasteiger partial charge in [0.05, 0.1) is 5.56 Å². The van der Waals surface area contributed by atoms with Gasteiger partial charge in [-0.3, -0.25) is 0 Å². The Balaban J connectivity index is 1.11. The van der Waals surface area contributed by atoms with Gasteiger partial charge in [0.2, 0.25) is 0 Å². The predicted molar refractivity (Wildman–Crippen MR) is 141 cm³/mol. The minimum absolute atomic E-state index is 0.331. The highest BCUT2D eigenvalue weighted by atomic mass is 32.2. The number of ether oxygens (including phenoxy) is 1. The highest BCUT2D eigenvalue weighted by Gasteiger charge is 2.20. The molecule has 0 bridgehead atoms. The second-order valence-corrected chi connectivity index (χ2v) is 9.96. The van der Waals surface area contributed by atoms with Gasteiger partial charge < -0.3 is 14.6 Å². The molecule has 0 radical (unpaired) electrons. The van der Waals surface area contributed by atoms with Crippen LogP contribution < -0.4 is 4.74 Å². The summed E-state index contributed by atoms with van der Waals surface area (Å²) in [5.41, 5.74) is 4.36. The zero-order valence-corrected chi connectivity index (χ0v) is 20.1. The summed E-state index contributed by atoms with van der Waals surface area (Å²) >= 11 is 1.96. The lowest BCUT2D eigenvalue weighted by atomic mass is 9.89. The number of likely N-dealkylation sites (tertiary alicyclic amines) is 1. The molecule has 4 aromatic rings. The monoisotopic (exact) mass is 470 g/mol. The van der Waals surface area contributed by atoms with Crippen LogP contribution in [0.4, 0.5) is 0 Å². The number of hydrogen-bond donors (Lipinski definition) is 1. The van der Waals surface area contributed by atoms with Crippen LogP contribution in [0.15, 0.2) is 85.1 Å². The van der Waals surface area contributed by atoms with E-state index in [4.69, 9.17) is 4.74 Å². The standard InChI is InChI=1S/C29H30N2O2S/c32-29(24-9-5-2-6-10-24)33-26-11-12-28-27(19-26)25(20-30-28)21-34-18-17-31-15-13-23(14-16-31)22-7-3-1-4-8-22/h1-12,19-20,23,30H,13-18,21H2. The molecule has 0 aliphatic carbocycles. The first kappa shape index (κ1) is 22.8. The molecule has 5 heteroatoms. The normalized spacial score (nSPS) is 14.9. The number of piperidine rings is 1. The van der Waals surface area contributed by atoms with Crippen molar-refractivity contribution in [2.45, 2.75) is 24.5 Å². The number of aromatic amines is 1. The quantitative estimate of drug-likeness (QED) is 0.181. The van der Waals surface area contributed by atoms with Crippen molar-refractivity contribution >= 4 is 28.6 Å². The molecule has 1 N–H and O–H groups in total. The Bertz CT molecular complexity index is 1210. The molecule has 0 saturated carbocycles. The molecule has 3 aromatic carbocycles. The first-order chi connectivity index (χ1) is 16.8. The zero-order chi connectivity index (χ0) is 23.2. The smallest absolute Gasteiger partial charge is 0.343 e. The number of H-pyrrole nitrogens is 1. The van der Waals surface area contributed by atoms with Gasteiger partial charge in [-0.2, -0.15) is 11.8 Å². The van der Waals surface area contributed by atoms with Crippen molar-refractivity contribution < 1.29 is 9.53 Å². The van der Waals surface area contributed by atoms with Crippen LogP contribution in [0.3, 0.4) is 0 Å². The van der Waals surface area contributed by atoms with E-state index in [1.807, 2.05) is 48.2 Å². The molecule has 5 rings (SSSR count). The van der Waals surface area contributed by atoms with Gasteiger partial charge >= 0.3 is 5.97 Å². The maximum Gasteiger partial charge on any atom is 0.343 e. The number of fused-ring (bicyclic) bond motifs is 1. The van der Waals surface area contributed by atoms with Crippen LogP contribution in [-0.4, -0.2) is 41.2 Å². The van der Waals surface area contributed by atoms with E-state index in [2.05, 4.69) is 46.4 Å². The largest absolute Gasteiger partial charge is 0.423 e. The Labute approximate surface area is 205 Å². The summed E-state index contributed by atoms with van der Waals surface area (Å²) in [6.45, 7) is 3.50. The van der Waals surface area contributed by atoms with Crippen LogP contribution >= 0.6 is 11.8 Å². The van der Waals surface area contributed by atoms with Crippen molar-refractivity contribution in [3.8, 4) is 5.75 Å². The van der Waals surface area contributed by atoms with Crippen molar-refractivity contribution in [2.75, 3.05) is 25.4 Å². The Morgan fingerprint density at radius 1 is 0.971 bits per heavy atom. The Hall–Kier alpha value is -3.02. The SMILES string of the molecule is O=C(Oc1ccc2[nH]cc(CSCCN3CCC(c4ccccc4)CC3)c2c1)c1ccccc1. The molecule has 0 atom stereocenters. The molecular formula is C29H30N2O2S. The van der Waals surface area contributed by atoms with Gasteiger partial charge in [-0.15, -0.1) is 0 Å². The Kier molecular flexibility index (Phi) is 7.32. The number of nitrogens with zero attached hydrogens (tertiary/aromatic N) is 1. The molecule has 2 heterocycles. The van der Waals surface area contributed by atoms with Gasteiger partial charge in [0.25, 0.3) is 0 Å². The second-order valence-electron chi connectivity index (χ2n) is 8.86. The second kappa shape index (κ2) is 10.9. The van der Waals surface area contributed by atoms with Crippen LogP contribution in [0.25, 0.3) is 10.9 Å². The summed E-state index contributed by atoms with van der Waals surface area (Å²) in [7, 11) is 0. The van der Waals surface area contributed by atoms with Crippen molar-refractivity contribution in [1.82, 2.24) is 9.88 Å². The molecule has 4 nitrogen and oxygen atoms in total. The number of carbonyl (C=O) groups excluding carboxylic acids is 1. The summed E-state index contributed by atoms with van der Waals surface area (Å²) in [4.78, 5) is 18.3. The number of carbonyl (C=O) groups is 1. The number of aromatic nitrogens is 1. The first-order valence-electron chi connectivity index (χ1n) is 12.0. The lowest BCUT2D eigenvalue weighted by Gasteiger charge is -2.32. The molecule has 34 heavy (non-hydrogen) atoms. The van der Waals surface area contributed by atoms with Crippen LogP contribution in [0, 0.1) is 0 Å². The summed E-state index contributed by atoms with van der Waals surface area (Å²) in [6.07, 6.45) is 4.58. The predicted octanol–water partition coefficient (Wildman–Crippen LogP) is 6.50. The highest BCUT2D eigenvalue weighted by molar-refractivity contribution is 7.98. The number of rotatable bonds is 8. The molecule has 0 unspecified atom stereocenters. The van der Waals surface area contributed by atoms with Crippen LogP contribution in [0.2, 0.25) is 0 Å². The lowest BCUT2D eigenvalue weighted by molar-refractivity contribution is 0.0735. The van der Waals surface area contributed by atoms with Gasteiger partial charge in [0.15, 0.2) is 0 Å². The minimum Gasteiger partial charge on any atom is -0.423 e. The fourth-order valence-corrected chi connectivity index (χ4v) is 5.66. The summed E-state index contributed by atoms with van der Waals surface area (Å²) in [6, 6.07) is 25.8. The Morgan fingerprint density at radius 3 is 2.47 bits per heavy atom. The molecule has 1 aliphatic rings. The maximum atomic E-state index is 12.4. The zero-order valence-electron chi connectivity index (χ0n) is 19.3. The van der Waals surface area contributed by atoms with Crippen molar-refractivity contribution in [1.29, 1.82) is 0 Å². The van der Waals surface area contributed by atoms with E-state index in [0.29, 0.717) is 17.2 Å². The van der Waals surface area contributed by atoms with E-state index in [9.17, 15) is 4.79 Å². The number of nitrogens with one attached hydrogen (secondary N) is 1. The Morgan fingerprint density at radius 2 is 1.71 bits per heavy atom.